The molecule has 152 valence electrons. The fourth-order valence-electron chi connectivity index (χ4n) is 3.25. The van der Waals surface area contributed by atoms with Crippen LogP contribution in [-0.4, -0.2) is 49.7 Å². The number of piperazine rings is 1. The number of anilines is 1. The van der Waals surface area contributed by atoms with Crippen molar-refractivity contribution in [2.24, 2.45) is 0 Å². The van der Waals surface area contributed by atoms with E-state index in [1.54, 1.807) is 41.3 Å². The van der Waals surface area contributed by atoms with Gasteiger partial charge in [-0.05, 0) is 42.3 Å². The number of amides is 1. The number of carbonyl (C=O) groups is 1. The summed E-state index contributed by atoms with van der Waals surface area (Å²) in [6.07, 6.45) is 1.96. The lowest BCUT2D eigenvalue weighted by Crippen LogP contribution is -2.50. The van der Waals surface area contributed by atoms with Crippen molar-refractivity contribution in [2.75, 3.05) is 31.9 Å². The Kier molecular flexibility index (Phi) is 7.46. The van der Waals surface area contributed by atoms with Gasteiger partial charge in [-0.25, -0.2) is 8.42 Å². The molecule has 0 aromatic heterocycles. The zero-order chi connectivity index (χ0) is 19.4. The topological polar surface area (TPSA) is 83.7 Å². The van der Waals surface area contributed by atoms with E-state index in [2.05, 4.69) is 6.92 Å². The van der Waals surface area contributed by atoms with Gasteiger partial charge in [0.15, 0.2) is 0 Å². The van der Waals surface area contributed by atoms with E-state index < -0.39 is 10.0 Å². The lowest BCUT2D eigenvalue weighted by molar-refractivity contribution is 0.0698. The summed E-state index contributed by atoms with van der Waals surface area (Å²) in [5.41, 5.74) is 7.94. The first-order valence-electron chi connectivity index (χ1n) is 9.15. The maximum Gasteiger partial charge on any atom is 0.254 e. The van der Waals surface area contributed by atoms with Crippen LogP contribution in [0.2, 0.25) is 0 Å². The average molecular weight is 424 g/mol. The molecule has 8 heteroatoms. The molecule has 1 aliphatic heterocycles. The third kappa shape index (κ3) is 4.84. The number of nitrogens with two attached hydrogens (primary N) is 1. The smallest absolute Gasteiger partial charge is 0.254 e. The molecule has 1 aliphatic rings. The molecule has 1 fully saturated rings. The summed E-state index contributed by atoms with van der Waals surface area (Å²) < 4.78 is 27.2. The van der Waals surface area contributed by atoms with Crippen LogP contribution in [0.5, 0.6) is 0 Å². The Labute approximate surface area is 172 Å². The first-order chi connectivity index (χ1) is 12.9. The fourth-order valence-corrected chi connectivity index (χ4v) is 4.67. The number of benzene rings is 2. The second-order valence-electron chi connectivity index (χ2n) is 6.72. The van der Waals surface area contributed by atoms with Crippen molar-refractivity contribution >= 4 is 34.0 Å². The maximum atomic E-state index is 12.9. The molecule has 0 radical (unpaired) electrons. The molecule has 2 aromatic carbocycles. The van der Waals surface area contributed by atoms with Crippen LogP contribution in [0.1, 0.15) is 29.3 Å². The average Bonchev–Trinajstić information content (AvgIpc) is 2.68. The molecule has 2 aromatic rings. The Morgan fingerprint density at radius 2 is 1.68 bits per heavy atom. The first kappa shape index (κ1) is 22.2. The lowest BCUT2D eigenvalue weighted by atomic mass is 10.1. The number of rotatable bonds is 5. The van der Waals surface area contributed by atoms with Crippen molar-refractivity contribution in [3.05, 3.63) is 59.7 Å². The Morgan fingerprint density at radius 3 is 2.25 bits per heavy atom. The monoisotopic (exact) mass is 423 g/mol. The van der Waals surface area contributed by atoms with Gasteiger partial charge in [0.25, 0.3) is 5.91 Å². The van der Waals surface area contributed by atoms with E-state index in [1.807, 2.05) is 12.1 Å². The molecule has 0 bridgehead atoms. The van der Waals surface area contributed by atoms with Crippen LogP contribution in [0.4, 0.5) is 5.69 Å². The molecule has 1 saturated heterocycles. The second kappa shape index (κ2) is 9.41. The van der Waals surface area contributed by atoms with Gasteiger partial charge >= 0.3 is 0 Å². The third-order valence-corrected chi connectivity index (χ3v) is 6.67. The Bertz CT molecular complexity index is 909. The SMILES string of the molecule is CCCc1ccc(S(=O)(=O)N2CCN(C(=O)c3cccc(N)c3)CC2)cc1.Cl. The van der Waals surface area contributed by atoms with Gasteiger partial charge < -0.3 is 10.6 Å². The van der Waals surface area contributed by atoms with Crippen LogP contribution in [-0.2, 0) is 16.4 Å². The Morgan fingerprint density at radius 1 is 1.04 bits per heavy atom. The van der Waals surface area contributed by atoms with Crippen LogP contribution in [0, 0.1) is 0 Å². The number of sulfonamides is 1. The van der Waals surface area contributed by atoms with Gasteiger partial charge in [0.05, 0.1) is 4.90 Å². The van der Waals surface area contributed by atoms with Crippen LogP contribution >= 0.6 is 12.4 Å². The van der Waals surface area contributed by atoms with Gasteiger partial charge in [-0.1, -0.05) is 31.5 Å². The highest BCUT2D eigenvalue weighted by molar-refractivity contribution is 7.89. The zero-order valence-corrected chi connectivity index (χ0v) is 17.5. The van der Waals surface area contributed by atoms with E-state index in [1.165, 1.54) is 4.31 Å². The highest BCUT2D eigenvalue weighted by Gasteiger charge is 2.30. The summed E-state index contributed by atoms with van der Waals surface area (Å²) in [5, 5.41) is 0. The Hall–Kier alpha value is -2.09. The van der Waals surface area contributed by atoms with Gasteiger partial charge in [0.2, 0.25) is 10.0 Å². The van der Waals surface area contributed by atoms with Crippen molar-refractivity contribution in [3.63, 3.8) is 0 Å². The van der Waals surface area contributed by atoms with E-state index in [0.29, 0.717) is 29.2 Å². The first-order valence-corrected chi connectivity index (χ1v) is 10.6. The van der Waals surface area contributed by atoms with E-state index >= 15 is 0 Å². The molecule has 0 atom stereocenters. The highest BCUT2D eigenvalue weighted by Crippen LogP contribution is 2.20. The number of hydrogen-bond donors (Lipinski definition) is 1. The van der Waals surface area contributed by atoms with E-state index in [0.717, 1.165) is 18.4 Å². The predicted molar refractivity (Wildman–Crippen MR) is 113 cm³/mol. The van der Waals surface area contributed by atoms with Crippen molar-refractivity contribution in [2.45, 2.75) is 24.7 Å². The molecule has 3 rings (SSSR count). The highest BCUT2D eigenvalue weighted by atomic mass is 35.5. The third-order valence-electron chi connectivity index (χ3n) is 4.76. The van der Waals surface area contributed by atoms with E-state index in [9.17, 15) is 13.2 Å². The molecule has 1 amide bonds. The quantitative estimate of drug-likeness (QED) is 0.749. The lowest BCUT2D eigenvalue weighted by Gasteiger charge is -2.34. The molecule has 0 spiro atoms. The van der Waals surface area contributed by atoms with E-state index in [-0.39, 0.29) is 31.4 Å². The van der Waals surface area contributed by atoms with Crippen molar-refractivity contribution in [1.29, 1.82) is 0 Å². The molecule has 28 heavy (non-hydrogen) atoms. The number of aryl methyl sites for hydroxylation is 1. The molecule has 6 nitrogen and oxygen atoms in total. The zero-order valence-electron chi connectivity index (χ0n) is 15.9. The van der Waals surface area contributed by atoms with Gasteiger partial charge in [0.1, 0.15) is 0 Å². The minimum atomic E-state index is -3.54. The summed E-state index contributed by atoms with van der Waals surface area (Å²) in [6.45, 7) is 3.39. The molecular weight excluding hydrogens is 398 g/mol. The van der Waals surface area contributed by atoms with Crippen molar-refractivity contribution in [1.82, 2.24) is 9.21 Å². The summed E-state index contributed by atoms with van der Waals surface area (Å²) >= 11 is 0. The van der Waals surface area contributed by atoms with Crippen molar-refractivity contribution < 1.29 is 13.2 Å². The predicted octanol–water partition coefficient (Wildman–Crippen LogP) is 2.79. The standard InChI is InChI=1S/C20H25N3O3S.ClH/c1-2-4-16-7-9-19(10-8-16)27(25,26)23-13-11-22(12-14-23)20(24)17-5-3-6-18(21)15-17;/h3,5-10,15H,2,4,11-14,21H2,1H3;1H. The number of halogens is 1. The molecule has 2 N–H and O–H groups in total. The van der Waals surface area contributed by atoms with E-state index in [4.69, 9.17) is 5.73 Å². The summed E-state index contributed by atoms with van der Waals surface area (Å²) in [7, 11) is -3.54. The van der Waals surface area contributed by atoms with Gasteiger partial charge in [0, 0.05) is 37.4 Å². The molecule has 0 saturated carbocycles. The largest absolute Gasteiger partial charge is 0.399 e. The molecule has 1 heterocycles. The normalized spacial score (nSPS) is 15.1. The maximum absolute atomic E-state index is 12.9. The van der Waals surface area contributed by atoms with Gasteiger partial charge in [-0.2, -0.15) is 4.31 Å². The fraction of sp³-hybridized carbons (Fsp3) is 0.350. The van der Waals surface area contributed by atoms with Crippen LogP contribution in [0.3, 0.4) is 0 Å². The second-order valence-corrected chi connectivity index (χ2v) is 8.65. The summed E-state index contributed by atoms with van der Waals surface area (Å²) in [6, 6.07) is 13.9. The number of carbonyl (C=O) groups excluding carboxylic acids is 1. The minimum Gasteiger partial charge on any atom is -0.399 e. The summed E-state index contributed by atoms with van der Waals surface area (Å²) in [4.78, 5) is 14.6. The van der Waals surface area contributed by atoms with Crippen LogP contribution in [0.15, 0.2) is 53.4 Å². The number of hydrogen-bond acceptors (Lipinski definition) is 4. The van der Waals surface area contributed by atoms with Crippen molar-refractivity contribution in [3.8, 4) is 0 Å². The Balaban J connectivity index is 0.00000280. The van der Waals surface area contributed by atoms with Gasteiger partial charge in [-0.15, -0.1) is 12.4 Å². The van der Waals surface area contributed by atoms with Crippen LogP contribution in [0.25, 0.3) is 0 Å². The molecule has 0 aliphatic carbocycles. The molecular formula is C20H26ClN3O3S. The van der Waals surface area contributed by atoms with Crippen LogP contribution < -0.4 is 5.73 Å². The number of nitrogen functional groups attached to an aromatic ring is 1. The minimum absolute atomic E-state index is 0. The number of nitrogens with zero attached hydrogens (tertiary/aromatic N) is 2. The molecule has 0 unspecified atom stereocenters. The van der Waals surface area contributed by atoms with Gasteiger partial charge in [-0.3, -0.25) is 4.79 Å². The summed E-state index contributed by atoms with van der Waals surface area (Å²) in [5.74, 6) is -0.122.